The first-order chi connectivity index (χ1) is 10.8. The molecule has 1 amide bonds. The van der Waals surface area contributed by atoms with E-state index in [1.165, 1.54) is 14.9 Å². The molecule has 2 aromatic rings. The van der Waals surface area contributed by atoms with Crippen LogP contribution in [0.3, 0.4) is 0 Å². The van der Waals surface area contributed by atoms with Gasteiger partial charge in [0, 0.05) is 25.3 Å². The molecule has 9 nitrogen and oxygen atoms in total. The number of pyridine rings is 1. The van der Waals surface area contributed by atoms with Crippen molar-refractivity contribution in [3.8, 4) is 0 Å². The number of nitrogens with zero attached hydrogens (tertiary/aromatic N) is 3. The lowest BCUT2D eigenvalue weighted by Crippen LogP contribution is -2.49. The van der Waals surface area contributed by atoms with Crippen molar-refractivity contribution >= 4 is 21.6 Å². The van der Waals surface area contributed by atoms with Gasteiger partial charge >= 0.3 is 5.69 Å². The number of nitrogens with one attached hydrogen (secondary N) is 2. The number of amides is 1. The van der Waals surface area contributed by atoms with Crippen molar-refractivity contribution < 1.29 is 13.2 Å². The number of aromatic amines is 1. The summed E-state index contributed by atoms with van der Waals surface area (Å²) in [6, 6.07) is 2.89. The van der Waals surface area contributed by atoms with Gasteiger partial charge in [0.2, 0.25) is 10.0 Å². The first kappa shape index (κ1) is 15.7. The Morgan fingerprint density at radius 1 is 1.43 bits per heavy atom. The molecule has 1 unspecified atom stereocenters. The van der Waals surface area contributed by atoms with Crippen LogP contribution in [0.25, 0.3) is 5.65 Å². The van der Waals surface area contributed by atoms with E-state index in [1.54, 1.807) is 12.1 Å². The van der Waals surface area contributed by atoms with Crippen molar-refractivity contribution in [2.75, 3.05) is 19.3 Å². The Kier molecular flexibility index (Phi) is 3.94. The zero-order chi connectivity index (χ0) is 16.6. The molecule has 1 aliphatic rings. The molecule has 0 radical (unpaired) electrons. The van der Waals surface area contributed by atoms with Gasteiger partial charge in [0.05, 0.1) is 11.8 Å². The highest BCUT2D eigenvalue weighted by molar-refractivity contribution is 7.88. The Morgan fingerprint density at radius 3 is 2.96 bits per heavy atom. The smallest absolute Gasteiger partial charge is 0.347 e. The summed E-state index contributed by atoms with van der Waals surface area (Å²) in [4.78, 5) is 23.9. The van der Waals surface area contributed by atoms with Crippen LogP contribution >= 0.6 is 0 Å². The van der Waals surface area contributed by atoms with Crippen molar-refractivity contribution in [2.24, 2.45) is 0 Å². The highest BCUT2D eigenvalue weighted by Gasteiger charge is 2.27. The fraction of sp³-hybridized carbons (Fsp3) is 0.462. The fourth-order valence-electron chi connectivity index (χ4n) is 2.67. The molecule has 10 heteroatoms. The molecule has 23 heavy (non-hydrogen) atoms. The van der Waals surface area contributed by atoms with Gasteiger partial charge in [0.15, 0.2) is 5.65 Å². The largest absolute Gasteiger partial charge is 0.348 e. The molecular formula is C13H17N5O4S. The minimum atomic E-state index is -3.26. The average Bonchev–Trinajstić information content (AvgIpc) is 2.87. The number of hydrogen-bond donors (Lipinski definition) is 2. The van der Waals surface area contributed by atoms with E-state index in [0.717, 1.165) is 6.26 Å². The normalized spacial score (nSPS) is 19.8. The molecule has 1 aliphatic heterocycles. The van der Waals surface area contributed by atoms with Crippen LogP contribution in [0.2, 0.25) is 0 Å². The molecule has 1 atom stereocenters. The van der Waals surface area contributed by atoms with Crippen molar-refractivity contribution in [3.05, 3.63) is 34.4 Å². The van der Waals surface area contributed by atoms with Crippen LogP contribution in [0.5, 0.6) is 0 Å². The number of H-pyrrole nitrogens is 1. The zero-order valence-electron chi connectivity index (χ0n) is 12.5. The molecule has 0 bridgehead atoms. The standard InChI is InChI=1S/C13H17N5O4S/c1-23(21,22)17-6-2-3-10(8-17)14-12(19)9-4-5-11-15-16-13(20)18(11)7-9/h4-5,7,10H,2-3,6,8H2,1H3,(H,14,19)(H,16,20). The molecule has 2 N–H and O–H groups in total. The lowest BCUT2D eigenvalue weighted by molar-refractivity contribution is 0.0921. The third kappa shape index (κ3) is 3.27. The number of carbonyl (C=O) groups is 1. The van der Waals surface area contributed by atoms with E-state index in [2.05, 4.69) is 15.5 Å². The van der Waals surface area contributed by atoms with Gasteiger partial charge in [-0.3, -0.25) is 4.79 Å². The van der Waals surface area contributed by atoms with E-state index in [9.17, 15) is 18.0 Å². The van der Waals surface area contributed by atoms with Crippen LogP contribution in [-0.2, 0) is 10.0 Å². The summed E-state index contributed by atoms with van der Waals surface area (Å²) in [5.41, 5.74) is 0.320. The number of piperidine rings is 1. The molecule has 0 spiro atoms. The van der Waals surface area contributed by atoms with E-state index in [4.69, 9.17) is 0 Å². The lowest BCUT2D eigenvalue weighted by Gasteiger charge is -2.31. The monoisotopic (exact) mass is 339 g/mol. The SMILES string of the molecule is CS(=O)(=O)N1CCCC(NC(=O)c2ccc3n[nH]c(=O)n3c2)C1. The second kappa shape index (κ2) is 5.78. The molecule has 0 aromatic carbocycles. The summed E-state index contributed by atoms with van der Waals surface area (Å²) in [6.07, 6.45) is 3.98. The number of hydrogen-bond acceptors (Lipinski definition) is 5. The van der Waals surface area contributed by atoms with E-state index >= 15 is 0 Å². The predicted molar refractivity (Wildman–Crippen MR) is 82.7 cm³/mol. The number of rotatable bonds is 3. The van der Waals surface area contributed by atoms with Gasteiger partial charge in [-0.1, -0.05) is 0 Å². The third-order valence-electron chi connectivity index (χ3n) is 3.86. The quantitative estimate of drug-likeness (QED) is 0.757. The van der Waals surface area contributed by atoms with E-state index < -0.39 is 15.7 Å². The summed E-state index contributed by atoms with van der Waals surface area (Å²) in [5, 5.41) is 8.91. The molecule has 0 saturated carbocycles. The second-order valence-electron chi connectivity index (χ2n) is 5.61. The predicted octanol–water partition coefficient (Wildman–Crippen LogP) is -0.824. The van der Waals surface area contributed by atoms with Crippen LogP contribution in [0.4, 0.5) is 0 Å². The molecule has 1 fully saturated rings. The molecule has 0 aliphatic carbocycles. The van der Waals surface area contributed by atoms with Crippen molar-refractivity contribution in [2.45, 2.75) is 18.9 Å². The van der Waals surface area contributed by atoms with Crippen LogP contribution in [0, 0.1) is 0 Å². The highest BCUT2D eigenvalue weighted by atomic mass is 32.2. The van der Waals surface area contributed by atoms with Crippen molar-refractivity contribution in [1.82, 2.24) is 24.2 Å². The Bertz CT molecular complexity index is 900. The first-order valence-electron chi connectivity index (χ1n) is 7.17. The first-order valence-corrected chi connectivity index (χ1v) is 9.02. The van der Waals surface area contributed by atoms with E-state index in [-0.39, 0.29) is 18.5 Å². The van der Waals surface area contributed by atoms with Crippen molar-refractivity contribution in [1.29, 1.82) is 0 Å². The Hall–Kier alpha value is -2.20. The van der Waals surface area contributed by atoms with Crippen LogP contribution in [0.1, 0.15) is 23.2 Å². The molecule has 3 heterocycles. The number of carbonyl (C=O) groups excluding carboxylic acids is 1. The van der Waals surface area contributed by atoms with E-state index in [1.807, 2.05) is 0 Å². The van der Waals surface area contributed by atoms with Gasteiger partial charge in [-0.05, 0) is 25.0 Å². The van der Waals surface area contributed by atoms with Gasteiger partial charge in [-0.25, -0.2) is 27.0 Å². The topological polar surface area (TPSA) is 117 Å². The zero-order valence-corrected chi connectivity index (χ0v) is 13.3. The van der Waals surface area contributed by atoms with Gasteiger partial charge in [-0.15, -0.1) is 0 Å². The Morgan fingerprint density at radius 2 is 2.22 bits per heavy atom. The van der Waals surface area contributed by atoms with Gasteiger partial charge < -0.3 is 5.32 Å². The molecule has 124 valence electrons. The maximum Gasteiger partial charge on any atom is 0.347 e. The second-order valence-corrected chi connectivity index (χ2v) is 7.59. The van der Waals surface area contributed by atoms with Gasteiger partial charge in [0.25, 0.3) is 5.91 Å². The Labute approximate surface area is 132 Å². The number of aromatic nitrogens is 3. The molecule has 2 aromatic heterocycles. The molecular weight excluding hydrogens is 322 g/mol. The summed E-state index contributed by atoms with van der Waals surface area (Å²) in [5.74, 6) is -0.347. The van der Waals surface area contributed by atoms with Gasteiger partial charge in [-0.2, -0.15) is 5.10 Å². The molecule has 3 rings (SSSR count). The number of sulfonamides is 1. The van der Waals surface area contributed by atoms with Crippen LogP contribution in [0.15, 0.2) is 23.1 Å². The summed E-state index contributed by atoms with van der Waals surface area (Å²) >= 11 is 0. The summed E-state index contributed by atoms with van der Waals surface area (Å²) < 4.78 is 25.8. The van der Waals surface area contributed by atoms with Crippen LogP contribution < -0.4 is 11.0 Å². The lowest BCUT2D eigenvalue weighted by atomic mass is 10.1. The fourth-order valence-corrected chi connectivity index (χ4v) is 3.58. The minimum Gasteiger partial charge on any atom is -0.348 e. The Balaban J connectivity index is 1.75. The maximum atomic E-state index is 12.3. The average molecular weight is 339 g/mol. The highest BCUT2D eigenvalue weighted by Crippen LogP contribution is 2.13. The van der Waals surface area contributed by atoms with E-state index in [0.29, 0.717) is 30.6 Å². The van der Waals surface area contributed by atoms with Gasteiger partial charge in [0.1, 0.15) is 0 Å². The maximum absolute atomic E-state index is 12.3. The summed E-state index contributed by atoms with van der Waals surface area (Å²) in [6.45, 7) is 0.736. The van der Waals surface area contributed by atoms with Crippen LogP contribution in [-0.4, -0.2) is 58.6 Å². The minimum absolute atomic E-state index is 0.247. The molecule has 1 saturated heterocycles. The number of fused-ring (bicyclic) bond motifs is 1. The third-order valence-corrected chi connectivity index (χ3v) is 5.13. The van der Waals surface area contributed by atoms with Crippen molar-refractivity contribution in [3.63, 3.8) is 0 Å². The summed E-state index contributed by atoms with van der Waals surface area (Å²) in [7, 11) is -3.26.